The third-order valence-corrected chi connectivity index (χ3v) is 9.31. The number of nitrogens with one attached hydrogen (secondary N) is 1. The van der Waals surface area contributed by atoms with E-state index in [0.29, 0.717) is 22.0 Å². The minimum Gasteiger partial charge on any atom is -0.350 e. The Morgan fingerprint density at radius 3 is 2.02 bits per heavy atom. The Hall–Kier alpha value is -4.42. The number of alkyl halides is 3. The Kier molecular flexibility index (Phi) is 11.2. The first kappa shape index (κ1) is 36.4. The molecule has 48 heavy (non-hydrogen) atoms. The van der Waals surface area contributed by atoms with Crippen molar-refractivity contribution in [3.05, 3.63) is 131 Å². The molecule has 1 N–H and O–H groups in total. The van der Waals surface area contributed by atoms with Crippen molar-refractivity contribution < 1.29 is 35.6 Å². The van der Waals surface area contributed by atoms with E-state index < -0.39 is 69.8 Å². The van der Waals surface area contributed by atoms with Crippen LogP contribution in [-0.4, -0.2) is 43.3 Å². The number of halogens is 5. The average molecular weight is 704 g/mol. The molecule has 0 radical (unpaired) electrons. The number of anilines is 1. The molecule has 0 saturated heterocycles. The highest BCUT2D eigenvalue weighted by Gasteiger charge is 2.38. The third kappa shape index (κ3) is 9.13. The quantitative estimate of drug-likeness (QED) is 0.167. The monoisotopic (exact) mass is 703 g/mol. The fourth-order valence-corrected chi connectivity index (χ4v) is 6.65. The summed E-state index contributed by atoms with van der Waals surface area (Å²) < 4.78 is 85.2. The number of hydrogen-bond donors (Lipinski definition) is 1. The fraction of sp³-hybridized carbons (Fsp3) is 0.257. The highest BCUT2D eigenvalue weighted by molar-refractivity contribution is 7.92. The van der Waals surface area contributed by atoms with Crippen molar-refractivity contribution in [3.8, 4) is 0 Å². The summed E-state index contributed by atoms with van der Waals surface area (Å²) in [5.74, 6) is -2.28. The van der Waals surface area contributed by atoms with Crippen molar-refractivity contribution in [2.45, 2.75) is 56.4 Å². The van der Waals surface area contributed by atoms with Gasteiger partial charge in [-0.1, -0.05) is 78.3 Å². The van der Waals surface area contributed by atoms with Gasteiger partial charge < -0.3 is 10.2 Å². The fourth-order valence-electron chi connectivity index (χ4n) is 4.93. The zero-order valence-corrected chi connectivity index (χ0v) is 27.9. The molecule has 0 saturated carbocycles. The summed E-state index contributed by atoms with van der Waals surface area (Å²) in [5, 5.41) is 2.47. The number of rotatable bonds is 11. The van der Waals surface area contributed by atoms with Gasteiger partial charge in [-0.2, -0.15) is 13.2 Å². The van der Waals surface area contributed by atoms with E-state index in [2.05, 4.69) is 5.32 Å². The molecule has 7 nitrogen and oxygen atoms in total. The van der Waals surface area contributed by atoms with Crippen molar-refractivity contribution in [1.29, 1.82) is 0 Å². The van der Waals surface area contributed by atoms with Gasteiger partial charge in [-0.15, -0.1) is 0 Å². The number of benzene rings is 4. The van der Waals surface area contributed by atoms with Crippen LogP contribution in [0.25, 0.3) is 0 Å². The molecule has 0 bridgehead atoms. The Morgan fingerprint density at radius 1 is 0.854 bits per heavy atom. The zero-order chi connectivity index (χ0) is 35.3. The van der Waals surface area contributed by atoms with E-state index in [9.17, 15) is 31.2 Å². The van der Waals surface area contributed by atoms with Gasteiger partial charge in [-0.25, -0.2) is 12.8 Å². The summed E-state index contributed by atoms with van der Waals surface area (Å²) in [4.78, 5) is 29.1. The number of carbonyl (C=O) groups excluding carboxylic acids is 2. The van der Waals surface area contributed by atoms with Gasteiger partial charge in [-0.3, -0.25) is 13.9 Å². The van der Waals surface area contributed by atoms with Crippen LogP contribution in [0.3, 0.4) is 0 Å². The maximum Gasteiger partial charge on any atom is 0.416 e. The van der Waals surface area contributed by atoms with Gasteiger partial charge in [-0.05, 0) is 62.7 Å². The van der Waals surface area contributed by atoms with Gasteiger partial charge in [0.1, 0.15) is 18.4 Å². The molecule has 0 aliphatic heterocycles. The van der Waals surface area contributed by atoms with Crippen molar-refractivity contribution >= 4 is 39.1 Å². The summed E-state index contributed by atoms with van der Waals surface area (Å²) >= 11 is 6.33. The number of nitrogens with zero attached hydrogens (tertiary/aromatic N) is 2. The lowest BCUT2D eigenvalue weighted by Crippen LogP contribution is -2.56. The molecule has 4 aromatic rings. The molecule has 0 aliphatic carbocycles. The molecule has 254 valence electrons. The minimum atomic E-state index is -4.87. The SMILES string of the molecule is CC(C)(C)NC(=O)C(Cc1ccccc1)N(Cc1ccccc1F)C(=O)CN(c1cc(C(F)(F)F)ccc1Cl)S(=O)(=O)c1ccccc1. The molecule has 1 atom stereocenters. The number of hydrogen-bond acceptors (Lipinski definition) is 4. The lowest BCUT2D eigenvalue weighted by molar-refractivity contribution is -0.140. The topological polar surface area (TPSA) is 86.8 Å². The van der Waals surface area contributed by atoms with Crippen LogP contribution in [0.15, 0.2) is 108 Å². The maximum absolute atomic E-state index is 15.1. The molecule has 1 unspecified atom stereocenters. The first-order valence-electron chi connectivity index (χ1n) is 14.8. The lowest BCUT2D eigenvalue weighted by atomic mass is 10.0. The largest absolute Gasteiger partial charge is 0.416 e. The Morgan fingerprint density at radius 2 is 1.44 bits per heavy atom. The molecule has 0 heterocycles. The smallest absolute Gasteiger partial charge is 0.350 e. The zero-order valence-electron chi connectivity index (χ0n) is 26.3. The molecule has 4 rings (SSSR count). The van der Waals surface area contributed by atoms with Crippen molar-refractivity contribution in [1.82, 2.24) is 10.2 Å². The molecule has 2 amide bonds. The second-order valence-electron chi connectivity index (χ2n) is 12.0. The summed E-state index contributed by atoms with van der Waals surface area (Å²) in [6.45, 7) is 3.67. The normalized spacial score (nSPS) is 12.7. The van der Waals surface area contributed by atoms with E-state index in [-0.39, 0.29) is 21.9 Å². The van der Waals surface area contributed by atoms with Crippen LogP contribution in [0.4, 0.5) is 23.2 Å². The first-order valence-corrected chi connectivity index (χ1v) is 16.6. The van der Waals surface area contributed by atoms with Crippen LogP contribution in [0.2, 0.25) is 5.02 Å². The number of sulfonamides is 1. The Labute approximate surface area is 282 Å². The van der Waals surface area contributed by atoms with Gasteiger partial charge in [0.05, 0.1) is 21.2 Å². The maximum atomic E-state index is 15.1. The molecule has 13 heteroatoms. The molecule has 4 aromatic carbocycles. The first-order chi connectivity index (χ1) is 22.5. The van der Waals surface area contributed by atoms with Gasteiger partial charge in [0, 0.05) is 24.1 Å². The van der Waals surface area contributed by atoms with Crippen LogP contribution in [-0.2, 0) is 38.8 Å². The number of carbonyl (C=O) groups is 2. The van der Waals surface area contributed by atoms with Gasteiger partial charge in [0.25, 0.3) is 10.0 Å². The molecule has 0 spiro atoms. The van der Waals surface area contributed by atoms with Crippen LogP contribution in [0.5, 0.6) is 0 Å². The van der Waals surface area contributed by atoms with Gasteiger partial charge in [0.2, 0.25) is 11.8 Å². The predicted molar refractivity (Wildman–Crippen MR) is 176 cm³/mol. The van der Waals surface area contributed by atoms with Crippen LogP contribution in [0, 0.1) is 5.82 Å². The lowest BCUT2D eigenvalue weighted by Gasteiger charge is -2.35. The molecular weight excluding hydrogens is 670 g/mol. The summed E-state index contributed by atoms with van der Waals surface area (Å²) in [6, 6.07) is 21.9. The summed E-state index contributed by atoms with van der Waals surface area (Å²) in [5.41, 5.74) is -1.88. The van der Waals surface area contributed by atoms with Gasteiger partial charge >= 0.3 is 6.18 Å². The van der Waals surface area contributed by atoms with E-state index in [1.54, 1.807) is 57.2 Å². The van der Waals surface area contributed by atoms with Crippen molar-refractivity contribution in [2.24, 2.45) is 0 Å². The van der Waals surface area contributed by atoms with E-state index in [1.807, 2.05) is 0 Å². The van der Waals surface area contributed by atoms with Crippen LogP contribution in [0.1, 0.15) is 37.5 Å². The summed E-state index contributed by atoms with van der Waals surface area (Å²) in [7, 11) is -4.72. The molecule has 0 fully saturated rings. The molecular formula is C35H34ClF4N3O4S. The molecule has 0 aliphatic rings. The molecule has 0 aromatic heterocycles. The van der Waals surface area contributed by atoms with Crippen LogP contribution < -0.4 is 9.62 Å². The Bertz CT molecular complexity index is 1850. The van der Waals surface area contributed by atoms with E-state index >= 15 is 4.39 Å². The van der Waals surface area contributed by atoms with E-state index in [0.717, 1.165) is 11.0 Å². The standard InChI is InChI=1S/C35H34ClF4N3O4S/c1-34(2,3)41-33(45)31(20-24-12-6-4-7-13-24)42(22-25-14-10-11-17-29(25)37)32(44)23-43(48(46,47)27-15-8-5-9-16-27)30-21-26(35(38,39)40)18-19-28(30)36/h4-19,21,31H,20,22-23H2,1-3H3,(H,41,45). The second kappa shape index (κ2) is 14.8. The van der Waals surface area contributed by atoms with E-state index in [4.69, 9.17) is 11.6 Å². The Balaban J connectivity index is 1.89. The minimum absolute atomic E-state index is 0.0297. The third-order valence-electron chi connectivity index (χ3n) is 7.22. The van der Waals surface area contributed by atoms with Gasteiger partial charge in [0.15, 0.2) is 0 Å². The second-order valence-corrected chi connectivity index (χ2v) is 14.3. The highest BCUT2D eigenvalue weighted by Crippen LogP contribution is 2.37. The summed E-state index contributed by atoms with van der Waals surface area (Å²) in [6.07, 6.45) is -4.91. The predicted octanol–water partition coefficient (Wildman–Crippen LogP) is 7.25. The average Bonchev–Trinajstić information content (AvgIpc) is 3.02. The number of amides is 2. The van der Waals surface area contributed by atoms with E-state index in [1.165, 1.54) is 48.5 Å². The highest BCUT2D eigenvalue weighted by atomic mass is 35.5. The van der Waals surface area contributed by atoms with Crippen LogP contribution >= 0.6 is 11.6 Å². The van der Waals surface area contributed by atoms with Crippen molar-refractivity contribution in [2.75, 3.05) is 10.8 Å². The van der Waals surface area contributed by atoms with Crippen molar-refractivity contribution in [3.63, 3.8) is 0 Å².